The van der Waals surface area contributed by atoms with Crippen LogP contribution in [0.2, 0.25) is 0 Å². The molecular weight excluding hydrogens is 176 g/mol. The van der Waals surface area contributed by atoms with Crippen molar-refractivity contribution in [1.82, 2.24) is 10.3 Å². The van der Waals surface area contributed by atoms with Gasteiger partial charge in [-0.15, -0.1) is 0 Å². The first kappa shape index (κ1) is 10.7. The molecule has 1 rings (SSSR count). The molecule has 0 spiro atoms. The number of amides is 1. The van der Waals surface area contributed by atoms with E-state index in [0.29, 0.717) is 11.5 Å². The third-order valence-electron chi connectivity index (χ3n) is 2.24. The SMILES string of the molecule is CNC(=O)c1cnc(C)c(C(C)C)c1. The molecule has 0 saturated heterocycles. The van der Waals surface area contributed by atoms with E-state index in [4.69, 9.17) is 0 Å². The highest BCUT2D eigenvalue weighted by molar-refractivity contribution is 5.93. The maximum atomic E-state index is 11.3. The molecule has 1 amide bonds. The molecule has 76 valence electrons. The Morgan fingerprint density at radius 1 is 1.50 bits per heavy atom. The minimum absolute atomic E-state index is 0.0839. The number of aryl methyl sites for hydroxylation is 1. The molecule has 0 aliphatic rings. The summed E-state index contributed by atoms with van der Waals surface area (Å²) in [5.74, 6) is 0.312. The summed E-state index contributed by atoms with van der Waals surface area (Å²) in [6.07, 6.45) is 1.61. The van der Waals surface area contributed by atoms with E-state index in [1.54, 1.807) is 13.2 Å². The smallest absolute Gasteiger partial charge is 0.252 e. The second kappa shape index (κ2) is 4.22. The van der Waals surface area contributed by atoms with E-state index in [9.17, 15) is 4.79 Å². The minimum atomic E-state index is -0.0839. The number of carbonyl (C=O) groups excluding carboxylic acids is 1. The number of pyridine rings is 1. The molecular formula is C11H16N2O. The molecule has 0 bridgehead atoms. The zero-order valence-corrected chi connectivity index (χ0v) is 9.09. The summed E-state index contributed by atoms with van der Waals surface area (Å²) in [5.41, 5.74) is 2.75. The lowest BCUT2D eigenvalue weighted by Gasteiger charge is -2.10. The van der Waals surface area contributed by atoms with E-state index in [0.717, 1.165) is 11.3 Å². The first-order chi connectivity index (χ1) is 6.56. The molecule has 0 saturated carbocycles. The van der Waals surface area contributed by atoms with Gasteiger partial charge < -0.3 is 5.32 Å². The van der Waals surface area contributed by atoms with Gasteiger partial charge in [0.25, 0.3) is 5.91 Å². The summed E-state index contributed by atoms with van der Waals surface area (Å²) in [5, 5.41) is 2.59. The van der Waals surface area contributed by atoms with Gasteiger partial charge in [-0.3, -0.25) is 9.78 Å². The quantitative estimate of drug-likeness (QED) is 0.777. The number of hydrogen-bond donors (Lipinski definition) is 1. The van der Waals surface area contributed by atoms with E-state index < -0.39 is 0 Å². The second-order valence-electron chi connectivity index (χ2n) is 3.63. The highest BCUT2D eigenvalue weighted by Gasteiger charge is 2.09. The van der Waals surface area contributed by atoms with E-state index in [1.807, 2.05) is 13.0 Å². The third-order valence-corrected chi connectivity index (χ3v) is 2.24. The van der Waals surface area contributed by atoms with E-state index in [1.165, 1.54) is 0 Å². The maximum Gasteiger partial charge on any atom is 0.252 e. The molecule has 1 heterocycles. The number of carbonyl (C=O) groups is 1. The van der Waals surface area contributed by atoms with Crippen LogP contribution in [-0.4, -0.2) is 17.9 Å². The average Bonchev–Trinajstić information content (AvgIpc) is 2.17. The second-order valence-corrected chi connectivity index (χ2v) is 3.63. The molecule has 0 radical (unpaired) electrons. The predicted molar refractivity (Wildman–Crippen MR) is 56.5 cm³/mol. The van der Waals surface area contributed by atoms with E-state index in [-0.39, 0.29) is 5.91 Å². The fraction of sp³-hybridized carbons (Fsp3) is 0.455. The topological polar surface area (TPSA) is 42.0 Å². The van der Waals surface area contributed by atoms with Gasteiger partial charge in [-0.25, -0.2) is 0 Å². The van der Waals surface area contributed by atoms with Gasteiger partial charge in [0.05, 0.1) is 5.56 Å². The van der Waals surface area contributed by atoms with Gasteiger partial charge >= 0.3 is 0 Å². The summed E-state index contributed by atoms with van der Waals surface area (Å²) >= 11 is 0. The molecule has 0 atom stereocenters. The Kier molecular flexibility index (Phi) is 3.23. The number of rotatable bonds is 2. The lowest BCUT2D eigenvalue weighted by Crippen LogP contribution is -2.18. The van der Waals surface area contributed by atoms with Crippen molar-refractivity contribution >= 4 is 5.91 Å². The molecule has 1 N–H and O–H groups in total. The van der Waals surface area contributed by atoms with Gasteiger partial charge in [0.2, 0.25) is 0 Å². The fourth-order valence-corrected chi connectivity index (χ4v) is 1.40. The van der Waals surface area contributed by atoms with Crippen LogP contribution in [0.5, 0.6) is 0 Å². The van der Waals surface area contributed by atoms with Crippen molar-refractivity contribution < 1.29 is 4.79 Å². The summed E-state index contributed by atoms with van der Waals surface area (Å²) in [7, 11) is 1.62. The van der Waals surface area contributed by atoms with Crippen LogP contribution >= 0.6 is 0 Å². The minimum Gasteiger partial charge on any atom is -0.355 e. The molecule has 14 heavy (non-hydrogen) atoms. The summed E-state index contributed by atoms with van der Waals surface area (Å²) in [4.78, 5) is 15.6. The van der Waals surface area contributed by atoms with E-state index >= 15 is 0 Å². The van der Waals surface area contributed by atoms with Crippen LogP contribution in [0.4, 0.5) is 0 Å². The van der Waals surface area contributed by atoms with Crippen LogP contribution in [-0.2, 0) is 0 Å². The Balaban J connectivity index is 3.13. The Labute approximate surface area is 84.6 Å². The van der Waals surface area contributed by atoms with Crippen LogP contribution in [0, 0.1) is 6.92 Å². The third kappa shape index (κ3) is 2.10. The van der Waals surface area contributed by atoms with Gasteiger partial charge in [0.1, 0.15) is 0 Å². The largest absolute Gasteiger partial charge is 0.355 e. The van der Waals surface area contributed by atoms with Crippen molar-refractivity contribution in [2.75, 3.05) is 7.05 Å². The normalized spacial score (nSPS) is 10.4. The van der Waals surface area contributed by atoms with Gasteiger partial charge in [-0.2, -0.15) is 0 Å². The molecule has 0 aliphatic carbocycles. The fourth-order valence-electron chi connectivity index (χ4n) is 1.40. The molecule has 3 nitrogen and oxygen atoms in total. The van der Waals surface area contributed by atoms with Crippen molar-refractivity contribution in [3.63, 3.8) is 0 Å². The van der Waals surface area contributed by atoms with Crippen molar-refractivity contribution in [3.05, 3.63) is 29.1 Å². The zero-order chi connectivity index (χ0) is 10.7. The van der Waals surface area contributed by atoms with Gasteiger partial charge in [-0.1, -0.05) is 13.8 Å². The Bertz CT molecular complexity index is 345. The highest BCUT2D eigenvalue weighted by Crippen LogP contribution is 2.18. The van der Waals surface area contributed by atoms with E-state index in [2.05, 4.69) is 24.1 Å². The monoisotopic (exact) mass is 192 g/mol. The van der Waals surface area contributed by atoms with Crippen LogP contribution in [0.3, 0.4) is 0 Å². The van der Waals surface area contributed by atoms with Gasteiger partial charge in [0.15, 0.2) is 0 Å². The molecule has 0 unspecified atom stereocenters. The predicted octanol–water partition coefficient (Wildman–Crippen LogP) is 1.87. The highest BCUT2D eigenvalue weighted by atomic mass is 16.1. The molecule has 1 aromatic heterocycles. The van der Waals surface area contributed by atoms with Crippen molar-refractivity contribution in [2.24, 2.45) is 0 Å². The van der Waals surface area contributed by atoms with Crippen molar-refractivity contribution in [2.45, 2.75) is 26.7 Å². The number of nitrogens with one attached hydrogen (secondary N) is 1. The molecule has 0 aliphatic heterocycles. The standard InChI is InChI=1S/C11H16N2O/c1-7(2)10-5-9(11(14)12-4)6-13-8(10)3/h5-7H,1-4H3,(H,12,14). The van der Waals surface area contributed by atoms with Gasteiger partial charge in [-0.05, 0) is 24.5 Å². The summed E-state index contributed by atoms with van der Waals surface area (Å²) in [6.45, 7) is 6.15. The number of hydrogen-bond acceptors (Lipinski definition) is 2. The lowest BCUT2D eigenvalue weighted by atomic mass is 10.00. The maximum absolute atomic E-state index is 11.3. The van der Waals surface area contributed by atoms with Crippen LogP contribution in [0.15, 0.2) is 12.3 Å². The van der Waals surface area contributed by atoms with Crippen LogP contribution < -0.4 is 5.32 Å². The number of aromatic nitrogens is 1. The Morgan fingerprint density at radius 2 is 2.14 bits per heavy atom. The average molecular weight is 192 g/mol. The van der Waals surface area contributed by atoms with Crippen LogP contribution in [0.25, 0.3) is 0 Å². The summed E-state index contributed by atoms with van der Waals surface area (Å²) in [6, 6.07) is 1.91. The summed E-state index contributed by atoms with van der Waals surface area (Å²) < 4.78 is 0. The van der Waals surface area contributed by atoms with Crippen molar-refractivity contribution in [3.8, 4) is 0 Å². The van der Waals surface area contributed by atoms with Crippen LogP contribution in [0.1, 0.15) is 41.4 Å². The molecule has 3 heteroatoms. The first-order valence-electron chi connectivity index (χ1n) is 4.75. The van der Waals surface area contributed by atoms with Crippen molar-refractivity contribution in [1.29, 1.82) is 0 Å². The Morgan fingerprint density at radius 3 is 2.64 bits per heavy atom. The Hall–Kier alpha value is -1.38. The molecule has 0 fully saturated rings. The molecule has 1 aromatic rings. The first-order valence-corrected chi connectivity index (χ1v) is 4.75. The molecule has 0 aromatic carbocycles. The lowest BCUT2D eigenvalue weighted by molar-refractivity contribution is 0.0962. The zero-order valence-electron chi connectivity index (χ0n) is 9.09. The number of nitrogens with zero attached hydrogens (tertiary/aromatic N) is 1. The van der Waals surface area contributed by atoms with Gasteiger partial charge in [0, 0.05) is 18.9 Å².